The van der Waals surface area contributed by atoms with Gasteiger partial charge in [0.05, 0.1) is 12.2 Å². The minimum Gasteiger partial charge on any atom is -0.487 e. The van der Waals surface area contributed by atoms with Crippen LogP contribution in [0.5, 0.6) is 5.75 Å². The molecular weight excluding hydrogens is 212 g/mol. The maximum absolute atomic E-state index is 5.82. The zero-order valence-electron chi connectivity index (χ0n) is 10.8. The second-order valence-corrected chi connectivity index (χ2v) is 4.86. The monoisotopic (exact) mass is 234 g/mol. The van der Waals surface area contributed by atoms with Crippen molar-refractivity contribution < 1.29 is 4.74 Å². The van der Waals surface area contributed by atoms with E-state index in [2.05, 4.69) is 37.1 Å². The normalized spacial score (nSPS) is 18.8. The Morgan fingerprint density at radius 3 is 3.00 bits per heavy atom. The highest BCUT2D eigenvalue weighted by Gasteiger charge is 2.19. The molecule has 17 heavy (non-hydrogen) atoms. The summed E-state index contributed by atoms with van der Waals surface area (Å²) in [5.74, 6) is 1.01. The van der Waals surface area contributed by atoms with Crippen LogP contribution in [0.2, 0.25) is 0 Å². The molecule has 1 aliphatic heterocycles. The van der Waals surface area contributed by atoms with Gasteiger partial charge in [-0.25, -0.2) is 0 Å². The zero-order valence-corrected chi connectivity index (χ0v) is 10.8. The van der Waals surface area contributed by atoms with E-state index in [0.29, 0.717) is 0 Å². The molecule has 94 valence electrons. The highest BCUT2D eigenvalue weighted by Crippen LogP contribution is 2.33. The van der Waals surface area contributed by atoms with Gasteiger partial charge in [0.25, 0.3) is 0 Å². The van der Waals surface area contributed by atoms with Gasteiger partial charge in [0.2, 0.25) is 0 Å². The molecule has 3 heteroatoms. The molecule has 0 saturated heterocycles. The van der Waals surface area contributed by atoms with Crippen LogP contribution in [-0.4, -0.2) is 26.2 Å². The van der Waals surface area contributed by atoms with Crippen LogP contribution in [-0.2, 0) is 6.42 Å². The fourth-order valence-corrected chi connectivity index (χ4v) is 2.33. The molecule has 0 aromatic heterocycles. The molecule has 1 aromatic carbocycles. The predicted octanol–water partition coefficient (Wildman–Crippen LogP) is 2.19. The number of hydrogen-bond acceptors (Lipinski definition) is 3. The van der Waals surface area contributed by atoms with Gasteiger partial charge in [-0.3, -0.25) is 0 Å². The molecule has 0 bridgehead atoms. The molecule has 0 spiro atoms. The number of ether oxygens (including phenoxy) is 1. The second kappa shape index (κ2) is 5.41. The SMILES string of the molecule is CC1CN(C)c2cc(CCCCN)ccc2O1. The van der Waals surface area contributed by atoms with Gasteiger partial charge in [-0.15, -0.1) is 0 Å². The Morgan fingerprint density at radius 1 is 1.41 bits per heavy atom. The van der Waals surface area contributed by atoms with Crippen LogP contribution in [0.1, 0.15) is 25.3 Å². The van der Waals surface area contributed by atoms with Gasteiger partial charge >= 0.3 is 0 Å². The number of hydrogen-bond donors (Lipinski definition) is 1. The van der Waals surface area contributed by atoms with Crippen LogP contribution < -0.4 is 15.4 Å². The van der Waals surface area contributed by atoms with Crippen LogP contribution in [0.15, 0.2) is 18.2 Å². The van der Waals surface area contributed by atoms with E-state index in [-0.39, 0.29) is 6.10 Å². The average Bonchev–Trinajstić information content (AvgIpc) is 2.30. The first-order valence-corrected chi connectivity index (χ1v) is 6.41. The van der Waals surface area contributed by atoms with Gasteiger partial charge in [-0.1, -0.05) is 6.07 Å². The summed E-state index contributed by atoms with van der Waals surface area (Å²) in [6, 6.07) is 6.51. The molecule has 0 amide bonds. The number of anilines is 1. The van der Waals surface area contributed by atoms with E-state index in [1.54, 1.807) is 0 Å². The standard InChI is InChI=1S/C14H22N2O/c1-11-10-16(2)13-9-12(5-3-4-8-15)6-7-14(13)17-11/h6-7,9,11H,3-5,8,10,15H2,1-2H3. The van der Waals surface area contributed by atoms with Crippen molar-refractivity contribution in [3.05, 3.63) is 23.8 Å². The summed E-state index contributed by atoms with van der Waals surface area (Å²) in [5.41, 5.74) is 8.11. The van der Waals surface area contributed by atoms with Crippen molar-refractivity contribution in [2.24, 2.45) is 5.73 Å². The summed E-state index contributed by atoms with van der Waals surface area (Å²) in [6.07, 6.45) is 3.64. The summed E-state index contributed by atoms with van der Waals surface area (Å²) in [5, 5.41) is 0. The van der Waals surface area contributed by atoms with Gasteiger partial charge < -0.3 is 15.4 Å². The lowest BCUT2D eigenvalue weighted by Gasteiger charge is -2.32. The van der Waals surface area contributed by atoms with E-state index in [0.717, 1.165) is 38.1 Å². The van der Waals surface area contributed by atoms with Crippen molar-refractivity contribution in [1.82, 2.24) is 0 Å². The van der Waals surface area contributed by atoms with E-state index in [9.17, 15) is 0 Å². The molecule has 2 N–H and O–H groups in total. The first-order chi connectivity index (χ1) is 8.20. The number of benzene rings is 1. The van der Waals surface area contributed by atoms with Gasteiger partial charge in [-0.2, -0.15) is 0 Å². The van der Waals surface area contributed by atoms with E-state index in [4.69, 9.17) is 10.5 Å². The molecular formula is C14H22N2O. The Hall–Kier alpha value is -1.22. The van der Waals surface area contributed by atoms with E-state index < -0.39 is 0 Å². The van der Waals surface area contributed by atoms with Crippen LogP contribution in [0, 0.1) is 0 Å². The lowest BCUT2D eigenvalue weighted by molar-refractivity contribution is 0.215. The molecule has 1 unspecified atom stereocenters. The second-order valence-electron chi connectivity index (χ2n) is 4.86. The van der Waals surface area contributed by atoms with Crippen LogP contribution in [0.25, 0.3) is 0 Å². The fraction of sp³-hybridized carbons (Fsp3) is 0.571. The molecule has 0 aliphatic carbocycles. The summed E-state index contributed by atoms with van der Waals surface area (Å²) in [7, 11) is 2.13. The van der Waals surface area contributed by atoms with Crippen molar-refractivity contribution in [3.63, 3.8) is 0 Å². The van der Waals surface area contributed by atoms with Crippen LogP contribution in [0.4, 0.5) is 5.69 Å². The Kier molecular flexibility index (Phi) is 3.89. The van der Waals surface area contributed by atoms with Gasteiger partial charge in [-0.05, 0) is 50.4 Å². The predicted molar refractivity (Wildman–Crippen MR) is 71.8 cm³/mol. The molecule has 1 aromatic rings. The van der Waals surface area contributed by atoms with Crippen molar-refractivity contribution in [2.45, 2.75) is 32.3 Å². The quantitative estimate of drug-likeness (QED) is 0.812. The number of fused-ring (bicyclic) bond motifs is 1. The summed E-state index contributed by atoms with van der Waals surface area (Å²) >= 11 is 0. The number of unbranched alkanes of at least 4 members (excludes halogenated alkanes) is 1. The third kappa shape index (κ3) is 2.91. The fourth-order valence-electron chi connectivity index (χ4n) is 2.33. The summed E-state index contributed by atoms with van der Waals surface area (Å²) in [4.78, 5) is 2.27. The number of rotatable bonds is 4. The first-order valence-electron chi connectivity index (χ1n) is 6.41. The summed E-state index contributed by atoms with van der Waals surface area (Å²) in [6.45, 7) is 3.85. The zero-order chi connectivity index (χ0) is 12.3. The molecule has 2 rings (SSSR count). The smallest absolute Gasteiger partial charge is 0.143 e. The largest absolute Gasteiger partial charge is 0.487 e. The Bertz CT molecular complexity index is 378. The molecule has 0 saturated carbocycles. The van der Waals surface area contributed by atoms with Crippen molar-refractivity contribution in [2.75, 3.05) is 25.0 Å². The summed E-state index contributed by atoms with van der Waals surface area (Å²) < 4.78 is 5.82. The molecule has 0 fully saturated rings. The Balaban J connectivity index is 2.10. The third-order valence-corrected chi connectivity index (χ3v) is 3.21. The van der Waals surface area contributed by atoms with E-state index >= 15 is 0 Å². The number of likely N-dealkylation sites (N-methyl/N-ethyl adjacent to an activating group) is 1. The maximum atomic E-state index is 5.82. The molecule has 3 nitrogen and oxygen atoms in total. The molecule has 0 radical (unpaired) electrons. The number of nitrogens with zero attached hydrogens (tertiary/aromatic N) is 1. The number of nitrogens with two attached hydrogens (primary N) is 1. The Morgan fingerprint density at radius 2 is 2.24 bits per heavy atom. The van der Waals surface area contributed by atoms with Gasteiger partial charge in [0.15, 0.2) is 0 Å². The first kappa shape index (κ1) is 12.2. The van der Waals surface area contributed by atoms with E-state index in [1.165, 1.54) is 11.3 Å². The lowest BCUT2D eigenvalue weighted by Crippen LogP contribution is -2.35. The highest BCUT2D eigenvalue weighted by atomic mass is 16.5. The molecule has 1 atom stereocenters. The number of aryl methyl sites for hydroxylation is 1. The van der Waals surface area contributed by atoms with Crippen molar-refractivity contribution in [3.8, 4) is 5.75 Å². The minimum atomic E-state index is 0.274. The maximum Gasteiger partial charge on any atom is 0.143 e. The highest BCUT2D eigenvalue weighted by molar-refractivity contribution is 5.61. The third-order valence-electron chi connectivity index (χ3n) is 3.21. The van der Waals surface area contributed by atoms with E-state index in [1.807, 2.05) is 0 Å². The topological polar surface area (TPSA) is 38.5 Å². The minimum absolute atomic E-state index is 0.274. The van der Waals surface area contributed by atoms with Gasteiger partial charge in [0, 0.05) is 7.05 Å². The van der Waals surface area contributed by atoms with Crippen LogP contribution in [0.3, 0.4) is 0 Å². The molecule has 1 heterocycles. The lowest BCUT2D eigenvalue weighted by atomic mass is 10.1. The van der Waals surface area contributed by atoms with Gasteiger partial charge in [0.1, 0.15) is 11.9 Å². The average molecular weight is 234 g/mol. The van der Waals surface area contributed by atoms with Crippen LogP contribution >= 0.6 is 0 Å². The van der Waals surface area contributed by atoms with Crippen molar-refractivity contribution in [1.29, 1.82) is 0 Å². The molecule has 1 aliphatic rings. The Labute approximate surface area is 104 Å². The van der Waals surface area contributed by atoms with Crippen molar-refractivity contribution >= 4 is 5.69 Å².